The summed E-state index contributed by atoms with van der Waals surface area (Å²) >= 11 is 0. The van der Waals surface area contributed by atoms with E-state index in [9.17, 15) is 8.42 Å². The number of aromatic nitrogens is 5. The Morgan fingerprint density at radius 2 is 1.77 bits per heavy atom. The van der Waals surface area contributed by atoms with Crippen LogP contribution in [0.15, 0.2) is 43.2 Å². The van der Waals surface area contributed by atoms with E-state index in [1.165, 1.54) is 4.31 Å². The van der Waals surface area contributed by atoms with Gasteiger partial charge < -0.3 is 9.47 Å². The van der Waals surface area contributed by atoms with Gasteiger partial charge in [-0.05, 0) is 69.9 Å². The van der Waals surface area contributed by atoms with Gasteiger partial charge >= 0.3 is 0 Å². The van der Waals surface area contributed by atoms with Gasteiger partial charge in [0.05, 0.1) is 17.4 Å². The average Bonchev–Trinajstić information content (AvgIpc) is 3.24. The molecule has 0 aliphatic carbocycles. The molecule has 0 saturated heterocycles. The van der Waals surface area contributed by atoms with E-state index >= 15 is 0 Å². The molecule has 0 spiro atoms. The summed E-state index contributed by atoms with van der Waals surface area (Å²) in [5.74, 6) is 2.28. The molecule has 0 bridgehead atoms. The highest BCUT2D eigenvalue weighted by Gasteiger charge is 2.41. The fraction of sp³-hybridized carbons (Fsp3) is 0.481. The zero-order valence-electron chi connectivity index (χ0n) is 23.7. The predicted octanol–water partition coefficient (Wildman–Crippen LogP) is 4.29. The highest BCUT2D eigenvalue weighted by molar-refractivity contribution is 8.32. The van der Waals surface area contributed by atoms with Crippen molar-refractivity contribution in [2.24, 2.45) is 0 Å². The van der Waals surface area contributed by atoms with Gasteiger partial charge in [0.2, 0.25) is 16.0 Å². The van der Waals surface area contributed by atoms with Crippen LogP contribution in [0.1, 0.15) is 38.3 Å². The van der Waals surface area contributed by atoms with Crippen LogP contribution in [-0.2, 0) is 14.8 Å². The molecule has 0 N–H and O–H groups in total. The van der Waals surface area contributed by atoms with Crippen LogP contribution in [0.25, 0.3) is 17.1 Å². The normalized spacial score (nSPS) is 15.6. The maximum Gasteiger partial charge on any atom is 0.245 e. The van der Waals surface area contributed by atoms with E-state index in [1.54, 1.807) is 23.9 Å². The lowest BCUT2D eigenvalue weighted by Crippen LogP contribution is -2.44. The lowest BCUT2D eigenvalue weighted by molar-refractivity contribution is 0.00139. The first-order valence-corrected chi connectivity index (χ1v) is 17.3. The molecule has 0 fully saturated rings. The Hall–Kier alpha value is -2.96. The third-order valence-corrected chi connectivity index (χ3v) is 9.85. The zero-order chi connectivity index (χ0) is 28.5. The molecule has 212 valence electrons. The molecule has 2 atom stereocenters. The van der Waals surface area contributed by atoms with Gasteiger partial charge in [0, 0.05) is 18.9 Å². The van der Waals surface area contributed by atoms with E-state index in [-0.39, 0.29) is 25.2 Å². The van der Waals surface area contributed by atoms with E-state index < -0.39 is 31.4 Å². The molecule has 0 radical (unpaired) electrons. The summed E-state index contributed by atoms with van der Waals surface area (Å²) < 4.78 is 44.1. The van der Waals surface area contributed by atoms with Crippen LogP contribution in [0.5, 0.6) is 5.75 Å². The Morgan fingerprint density at radius 1 is 1.10 bits per heavy atom. The largest absolute Gasteiger partial charge is 0.487 e. The Bertz CT molecular complexity index is 1430. The molecule has 12 heteroatoms. The molecule has 1 aromatic carbocycles. The molecule has 1 aliphatic heterocycles. The molecule has 10 nitrogen and oxygen atoms in total. The smallest absolute Gasteiger partial charge is 0.245 e. The van der Waals surface area contributed by atoms with Crippen LogP contribution in [0.2, 0.25) is 0 Å². The molecule has 1 aliphatic rings. The summed E-state index contributed by atoms with van der Waals surface area (Å²) in [6.07, 6.45) is 8.65. The van der Waals surface area contributed by atoms with Gasteiger partial charge in [0.25, 0.3) is 0 Å². The second-order valence-corrected chi connectivity index (χ2v) is 17.7. The maximum atomic E-state index is 14.5. The van der Waals surface area contributed by atoms with Crippen LogP contribution in [0.3, 0.4) is 0 Å². The van der Waals surface area contributed by atoms with Gasteiger partial charge in [-0.1, -0.05) is 18.7 Å². The number of ether oxygens (including phenoxy) is 2. The summed E-state index contributed by atoms with van der Waals surface area (Å²) in [4.78, 5) is 8.83. The molecular formula is C27H38N6O4S2. The standard InChI is InChI=1S/C27H38N6O4S2/c1-18(2)37-24(25-28-15-19(3)16-29-25)21(5)39(34,35)32(13-14-38(6,7)8)27-31-30-26-22-11-9-10-12-23(22)36-17-20(4)33(26)27/h9-12,15-16,18,21,24H,4,13-14,17H2,1-3,5-8H3/t21-,24+/m0/s1. The minimum absolute atomic E-state index is 0.166. The van der Waals surface area contributed by atoms with Crippen LogP contribution in [0.4, 0.5) is 5.95 Å². The highest BCUT2D eigenvalue weighted by atomic mass is 32.3. The third-order valence-electron chi connectivity index (χ3n) is 6.29. The predicted molar refractivity (Wildman–Crippen MR) is 158 cm³/mol. The van der Waals surface area contributed by atoms with E-state index in [0.717, 1.165) is 11.1 Å². The summed E-state index contributed by atoms with van der Waals surface area (Å²) in [5.41, 5.74) is 2.13. The quantitative estimate of drug-likeness (QED) is 0.353. The van der Waals surface area contributed by atoms with Crippen molar-refractivity contribution in [2.75, 3.05) is 42.0 Å². The van der Waals surface area contributed by atoms with Gasteiger partial charge in [-0.2, -0.15) is 0 Å². The number of aryl methyl sites for hydroxylation is 1. The second kappa shape index (κ2) is 11.3. The molecule has 3 heterocycles. The van der Waals surface area contributed by atoms with Crippen molar-refractivity contribution >= 4 is 31.7 Å². The van der Waals surface area contributed by atoms with Crippen molar-refractivity contribution in [3.63, 3.8) is 0 Å². The summed E-state index contributed by atoms with van der Waals surface area (Å²) in [6, 6.07) is 7.48. The van der Waals surface area contributed by atoms with Gasteiger partial charge in [0.15, 0.2) is 11.6 Å². The Labute approximate surface area is 232 Å². The summed E-state index contributed by atoms with van der Waals surface area (Å²) in [5, 5.41) is 7.83. The van der Waals surface area contributed by atoms with E-state index in [0.29, 0.717) is 28.8 Å². The first kappa shape index (κ1) is 29.0. The monoisotopic (exact) mass is 574 g/mol. The first-order chi connectivity index (χ1) is 18.3. The van der Waals surface area contributed by atoms with Crippen molar-refractivity contribution in [3.8, 4) is 17.1 Å². The zero-order valence-corrected chi connectivity index (χ0v) is 25.3. The molecular weight excluding hydrogens is 536 g/mol. The SMILES string of the molecule is C=C1COc2ccccc2-c2nnc(N(CCS(C)(C)C)S(=O)(=O)[C@@H](C)[C@@H](OC(C)C)c3ncc(C)cn3)n21. The van der Waals surface area contributed by atoms with Crippen molar-refractivity contribution in [1.29, 1.82) is 0 Å². The van der Waals surface area contributed by atoms with Crippen molar-refractivity contribution in [3.05, 3.63) is 54.6 Å². The topological polar surface area (TPSA) is 112 Å². The number of fused-ring (bicyclic) bond motifs is 3. The molecule has 0 unspecified atom stereocenters. The number of nitrogens with zero attached hydrogens (tertiary/aromatic N) is 6. The molecule has 2 aromatic heterocycles. The Morgan fingerprint density at radius 3 is 2.41 bits per heavy atom. The van der Waals surface area contributed by atoms with Crippen molar-refractivity contribution in [2.45, 2.75) is 45.2 Å². The molecule has 4 rings (SSSR count). The second-order valence-electron chi connectivity index (χ2n) is 10.9. The van der Waals surface area contributed by atoms with Crippen molar-refractivity contribution < 1.29 is 17.9 Å². The maximum absolute atomic E-state index is 14.5. The summed E-state index contributed by atoms with van der Waals surface area (Å²) in [6.45, 7) is 11.8. The minimum atomic E-state index is -4.06. The fourth-order valence-electron chi connectivity index (χ4n) is 4.18. The van der Waals surface area contributed by atoms with Gasteiger partial charge in [-0.3, -0.25) is 4.57 Å². The van der Waals surface area contributed by atoms with Gasteiger partial charge in [0.1, 0.15) is 23.7 Å². The molecule has 39 heavy (non-hydrogen) atoms. The number of para-hydroxylation sites is 1. The Balaban J connectivity index is 1.84. The highest BCUT2D eigenvalue weighted by Crippen LogP contribution is 2.39. The van der Waals surface area contributed by atoms with Crippen LogP contribution >= 0.6 is 10.0 Å². The number of sulfonamides is 1. The van der Waals surface area contributed by atoms with E-state index in [2.05, 4.69) is 45.5 Å². The number of hydrogen-bond acceptors (Lipinski definition) is 8. The average molecular weight is 575 g/mol. The van der Waals surface area contributed by atoms with E-state index in [4.69, 9.17) is 9.47 Å². The van der Waals surface area contributed by atoms with Crippen molar-refractivity contribution in [1.82, 2.24) is 24.7 Å². The van der Waals surface area contributed by atoms with Crippen LogP contribution in [-0.4, -0.2) is 82.2 Å². The number of hydrogen-bond donors (Lipinski definition) is 0. The molecule has 0 amide bonds. The molecule has 3 aromatic rings. The van der Waals surface area contributed by atoms with Crippen LogP contribution in [0, 0.1) is 6.92 Å². The first-order valence-electron chi connectivity index (χ1n) is 12.8. The van der Waals surface area contributed by atoms with E-state index in [1.807, 2.05) is 45.0 Å². The minimum Gasteiger partial charge on any atom is -0.487 e. The number of benzene rings is 1. The Kier molecular flexibility index (Phi) is 8.38. The molecule has 0 saturated carbocycles. The van der Waals surface area contributed by atoms with Gasteiger partial charge in [-0.25, -0.2) is 32.7 Å². The number of rotatable bonds is 10. The lowest BCUT2D eigenvalue weighted by atomic mass is 10.2. The summed E-state index contributed by atoms with van der Waals surface area (Å²) in [7, 11) is -5.11. The van der Waals surface area contributed by atoms with Gasteiger partial charge in [-0.15, -0.1) is 10.2 Å². The number of anilines is 1. The lowest BCUT2D eigenvalue weighted by Gasteiger charge is -2.34. The third kappa shape index (κ3) is 6.28. The van der Waals surface area contributed by atoms with Crippen LogP contribution < -0.4 is 9.04 Å². The fourth-order valence-corrected chi connectivity index (χ4v) is 6.62.